The van der Waals surface area contributed by atoms with Crippen LogP contribution in [-0.2, 0) is 6.61 Å². The summed E-state index contributed by atoms with van der Waals surface area (Å²) in [7, 11) is 0. The zero-order valence-electron chi connectivity index (χ0n) is 10.9. The van der Waals surface area contributed by atoms with Crippen LogP contribution in [0, 0.1) is 6.92 Å². The van der Waals surface area contributed by atoms with E-state index in [2.05, 4.69) is 52.3 Å². The molecule has 0 saturated carbocycles. The van der Waals surface area contributed by atoms with Crippen LogP contribution in [0.3, 0.4) is 0 Å². The number of ether oxygens (including phenoxy) is 1. The highest BCUT2D eigenvalue weighted by Gasteiger charge is 2.11. The van der Waals surface area contributed by atoms with Gasteiger partial charge in [0.05, 0.1) is 6.20 Å². The average Bonchev–Trinajstić information content (AvgIpc) is 2.68. The number of imidazole rings is 1. The van der Waals surface area contributed by atoms with Gasteiger partial charge in [-0.15, -0.1) is 0 Å². The van der Waals surface area contributed by atoms with Gasteiger partial charge >= 0.3 is 0 Å². The van der Waals surface area contributed by atoms with Crippen molar-refractivity contribution in [3.05, 3.63) is 46.5 Å². The number of hydrogen-bond donors (Lipinski definition) is 0. The minimum Gasteiger partial charge on any atom is -0.486 e. The molecule has 0 fully saturated rings. The molecule has 0 amide bonds. The van der Waals surface area contributed by atoms with Gasteiger partial charge in [0, 0.05) is 6.04 Å². The summed E-state index contributed by atoms with van der Waals surface area (Å²) in [6, 6.07) is 8.40. The Morgan fingerprint density at radius 3 is 2.83 bits per heavy atom. The van der Waals surface area contributed by atoms with E-state index < -0.39 is 0 Å². The van der Waals surface area contributed by atoms with Crippen molar-refractivity contribution in [2.45, 2.75) is 33.4 Å². The van der Waals surface area contributed by atoms with Gasteiger partial charge in [0.15, 0.2) is 0 Å². The van der Waals surface area contributed by atoms with Crippen LogP contribution in [0.2, 0.25) is 0 Å². The summed E-state index contributed by atoms with van der Waals surface area (Å²) in [4.78, 5) is 4.37. The number of aromatic nitrogens is 2. The van der Waals surface area contributed by atoms with Gasteiger partial charge in [-0.25, -0.2) is 4.98 Å². The number of rotatable bonds is 4. The molecule has 0 aliphatic rings. The van der Waals surface area contributed by atoms with E-state index in [1.807, 2.05) is 24.4 Å². The fourth-order valence-electron chi connectivity index (χ4n) is 1.88. The molecule has 18 heavy (non-hydrogen) atoms. The van der Waals surface area contributed by atoms with Crippen molar-refractivity contribution in [2.75, 3.05) is 0 Å². The Bertz CT molecular complexity index is 534. The van der Waals surface area contributed by atoms with E-state index >= 15 is 0 Å². The van der Waals surface area contributed by atoms with Gasteiger partial charge in [0.2, 0.25) is 0 Å². The third-order valence-electron chi connectivity index (χ3n) is 2.70. The summed E-state index contributed by atoms with van der Waals surface area (Å²) in [6.07, 6.45) is 1.81. The van der Waals surface area contributed by atoms with E-state index in [0.717, 1.165) is 16.2 Å². The molecule has 4 heteroatoms. The molecule has 2 aromatic rings. The molecule has 0 radical (unpaired) electrons. The van der Waals surface area contributed by atoms with Crippen molar-refractivity contribution in [1.82, 2.24) is 9.55 Å². The van der Waals surface area contributed by atoms with Crippen LogP contribution in [0.15, 0.2) is 35.1 Å². The fraction of sp³-hybridized carbons (Fsp3) is 0.357. The molecule has 0 N–H and O–H groups in total. The van der Waals surface area contributed by atoms with Crippen molar-refractivity contribution in [3.63, 3.8) is 0 Å². The SMILES string of the molecule is Cc1cccc(OCc2ncc(Br)n2C(C)C)c1. The maximum Gasteiger partial charge on any atom is 0.147 e. The van der Waals surface area contributed by atoms with Crippen LogP contribution in [-0.4, -0.2) is 9.55 Å². The first kappa shape index (κ1) is 13.1. The Hall–Kier alpha value is -1.29. The second-order valence-corrected chi connectivity index (χ2v) is 5.38. The van der Waals surface area contributed by atoms with Gasteiger partial charge in [-0.1, -0.05) is 12.1 Å². The van der Waals surface area contributed by atoms with Crippen molar-refractivity contribution < 1.29 is 4.74 Å². The van der Waals surface area contributed by atoms with Crippen LogP contribution in [0.25, 0.3) is 0 Å². The first-order chi connectivity index (χ1) is 8.58. The lowest BCUT2D eigenvalue weighted by Crippen LogP contribution is -2.09. The third kappa shape index (κ3) is 2.93. The molecule has 0 aliphatic heterocycles. The molecule has 3 nitrogen and oxygen atoms in total. The first-order valence-corrected chi connectivity index (χ1v) is 6.78. The molecular formula is C14H17BrN2O. The Labute approximate surface area is 116 Å². The fourth-order valence-corrected chi connectivity index (χ4v) is 2.60. The van der Waals surface area contributed by atoms with E-state index in [1.165, 1.54) is 5.56 Å². The molecule has 0 spiro atoms. The van der Waals surface area contributed by atoms with E-state index in [4.69, 9.17) is 4.74 Å². The Morgan fingerprint density at radius 1 is 1.39 bits per heavy atom. The monoisotopic (exact) mass is 308 g/mol. The lowest BCUT2D eigenvalue weighted by molar-refractivity contribution is 0.285. The van der Waals surface area contributed by atoms with Crippen LogP contribution in [0.5, 0.6) is 5.75 Å². The predicted octanol–water partition coefficient (Wildman–Crippen LogP) is 4.11. The zero-order valence-corrected chi connectivity index (χ0v) is 12.4. The summed E-state index contributed by atoms with van der Waals surface area (Å²) < 4.78 is 8.88. The lowest BCUT2D eigenvalue weighted by atomic mass is 10.2. The first-order valence-electron chi connectivity index (χ1n) is 5.99. The molecule has 1 aromatic heterocycles. The van der Waals surface area contributed by atoms with E-state index in [-0.39, 0.29) is 0 Å². The van der Waals surface area contributed by atoms with Crippen molar-refractivity contribution >= 4 is 15.9 Å². The van der Waals surface area contributed by atoms with Crippen LogP contribution < -0.4 is 4.74 Å². The maximum atomic E-state index is 5.77. The number of halogens is 1. The van der Waals surface area contributed by atoms with Crippen LogP contribution >= 0.6 is 15.9 Å². The van der Waals surface area contributed by atoms with Gasteiger partial charge in [-0.05, 0) is 54.4 Å². The van der Waals surface area contributed by atoms with Crippen molar-refractivity contribution in [2.24, 2.45) is 0 Å². The molecule has 0 aliphatic carbocycles. The summed E-state index contributed by atoms with van der Waals surface area (Å²) in [6.45, 7) is 6.79. The average molecular weight is 309 g/mol. The molecule has 1 aromatic carbocycles. The van der Waals surface area contributed by atoms with Crippen molar-refractivity contribution in [3.8, 4) is 5.75 Å². The highest BCUT2D eigenvalue weighted by atomic mass is 79.9. The number of benzene rings is 1. The van der Waals surface area contributed by atoms with Gasteiger partial charge in [-0.2, -0.15) is 0 Å². The quantitative estimate of drug-likeness (QED) is 0.849. The molecular weight excluding hydrogens is 292 g/mol. The highest BCUT2D eigenvalue weighted by Crippen LogP contribution is 2.20. The second-order valence-electron chi connectivity index (χ2n) is 4.57. The summed E-state index contributed by atoms with van der Waals surface area (Å²) in [5, 5.41) is 0. The smallest absolute Gasteiger partial charge is 0.147 e. The lowest BCUT2D eigenvalue weighted by Gasteiger charge is -2.13. The molecule has 1 heterocycles. The van der Waals surface area contributed by atoms with E-state index in [1.54, 1.807) is 0 Å². The summed E-state index contributed by atoms with van der Waals surface area (Å²) in [5.74, 6) is 1.81. The standard InChI is InChI=1S/C14H17BrN2O/c1-10(2)17-13(15)8-16-14(17)9-18-12-6-4-5-11(3)7-12/h4-8,10H,9H2,1-3H3. The predicted molar refractivity (Wildman–Crippen MR) is 75.8 cm³/mol. The highest BCUT2D eigenvalue weighted by molar-refractivity contribution is 9.10. The van der Waals surface area contributed by atoms with Gasteiger partial charge < -0.3 is 9.30 Å². The molecule has 2 rings (SSSR count). The number of aryl methyl sites for hydroxylation is 1. The summed E-state index contributed by atoms with van der Waals surface area (Å²) in [5.41, 5.74) is 1.20. The molecule has 0 atom stereocenters. The minimum atomic E-state index is 0.359. The minimum absolute atomic E-state index is 0.359. The second kappa shape index (κ2) is 5.57. The summed E-state index contributed by atoms with van der Waals surface area (Å²) >= 11 is 3.50. The molecule has 0 unspecified atom stereocenters. The van der Waals surface area contributed by atoms with Crippen LogP contribution in [0.1, 0.15) is 31.3 Å². The maximum absolute atomic E-state index is 5.77. The third-order valence-corrected chi connectivity index (χ3v) is 3.29. The Balaban J connectivity index is 2.11. The van der Waals surface area contributed by atoms with Gasteiger partial charge in [0.25, 0.3) is 0 Å². The van der Waals surface area contributed by atoms with Gasteiger partial charge in [-0.3, -0.25) is 0 Å². The largest absolute Gasteiger partial charge is 0.486 e. The van der Waals surface area contributed by atoms with Gasteiger partial charge in [0.1, 0.15) is 22.8 Å². The number of hydrogen-bond acceptors (Lipinski definition) is 2. The molecule has 0 saturated heterocycles. The Morgan fingerprint density at radius 2 is 2.17 bits per heavy atom. The Kier molecular flexibility index (Phi) is 4.07. The van der Waals surface area contributed by atoms with Crippen molar-refractivity contribution in [1.29, 1.82) is 0 Å². The normalized spacial score (nSPS) is 10.9. The van der Waals surface area contributed by atoms with Crippen LogP contribution in [0.4, 0.5) is 0 Å². The van der Waals surface area contributed by atoms with E-state index in [0.29, 0.717) is 12.6 Å². The zero-order chi connectivity index (χ0) is 13.1. The topological polar surface area (TPSA) is 27.1 Å². The molecule has 0 bridgehead atoms. The van der Waals surface area contributed by atoms with E-state index in [9.17, 15) is 0 Å². The molecule has 96 valence electrons. The number of nitrogens with zero attached hydrogens (tertiary/aromatic N) is 2.